The lowest BCUT2D eigenvalue weighted by Crippen LogP contribution is -2.47. The number of alkyl carbamates (subject to hydrolysis) is 2. The monoisotopic (exact) mass is 576 g/mol. The van der Waals surface area contributed by atoms with Gasteiger partial charge >= 0.3 is 24.1 Å². The molecular weight excluding hydrogens is 528 g/mol. The molecule has 2 aliphatic rings. The summed E-state index contributed by atoms with van der Waals surface area (Å²) in [5, 5.41) is 14.6. The maximum Gasteiger partial charge on any atom is 0.407 e. The van der Waals surface area contributed by atoms with Crippen molar-refractivity contribution in [3.63, 3.8) is 0 Å². The fourth-order valence-corrected chi connectivity index (χ4v) is 4.94. The number of nitrogens with one attached hydrogen (secondary N) is 2. The van der Waals surface area contributed by atoms with Crippen LogP contribution in [-0.2, 0) is 30.4 Å². The molecule has 1 aromatic carbocycles. The van der Waals surface area contributed by atoms with Crippen molar-refractivity contribution in [2.75, 3.05) is 0 Å². The molecule has 0 aromatic heterocycles. The van der Waals surface area contributed by atoms with E-state index in [1.807, 2.05) is 51.1 Å². The number of carbonyl (C=O) groups is 4. The second-order valence-electron chi connectivity index (χ2n) is 12.7. The number of hydrogen-bond donors (Lipinski definition) is 3. The Hall–Kier alpha value is -3.30. The Morgan fingerprint density at radius 2 is 1.17 bits per heavy atom. The number of esters is 1. The standard InChI is InChI=1S/C19H27NO4.C12H21NO4/c1-19(2,3)24-18(22)20-16-12-8-7-11-15(16)17(21)23-13-14-9-5-4-6-10-14;1-12(2,3)17-11(16)13-9-7-5-4-6-8(9)10(14)15/h4-6,9-10,15-16H,7-8,11-13H2,1-3H3,(H,20,22);8-9H,4-7H2,1-3H3,(H,13,16)(H,14,15)/t15-,16-;8-,9-/m11/s1. The molecule has 0 saturated heterocycles. The average Bonchev–Trinajstić information content (AvgIpc) is 2.86. The van der Waals surface area contributed by atoms with E-state index in [0.29, 0.717) is 12.8 Å². The van der Waals surface area contributed by atoms with Gasteiger partial charge in [-0.25, -0.2) is 9.59 Å². The van der Waals surface area contributed by atoms with Crippen molar-refractivity contribution in [3.05, 3.63) is 35.9 Å². The van der Waals surface area contributed by atoms with Gasteiger partial charge in [0.25, 0.3) is 0 Å². The Morgan fingerprint density at radius 1 is 0.732 bits per heavy atom. The minimum Gasteiger partial charge on any atom is -0.481 e. The zero-order valence-corrected chi connectivity index (χ0v) is 25.4. The number of benzene rings is 1. The van der Waals surface area contributed by atoms with Crippen molar-refractivity contribution < 1.29 is 38.5 Å². The molecule has 0 spiro atoms. The summed E-state index contributed by atoms with van der Waals surface area (Å²) in [6, 6.07) is 9.06. The molecule has 4 atom stereocenters. The van der Waals surface area contributed by atoms with Crippen molar-refractivity contribution in [1.82, 2.24) is 10.6 Å². The van der Waals surface area contributed by atoms with Gasteiger partial charge in [-0.3, -0.25) is 9.59 Å². The molecule has 3 rings (SSSR count). The summed E-state index contributed by atoms with van der Waals surface area (Å²) >= 11 is 0. The summed E-state index contributed by atoms with van der Waals surface area (Å²) < 4.78 is 15.9. The van der Waals surface area contributed by atoms with Gasteiger partial charge in [-0.1, -0.05) is 56.0 Å². The first-order chi connectivity index (χ1) is 19.1. The second-order valence-corrected chi connectivity index (χ2v) is 12.7. The number of carbonyl (C=O) groups excluding carboxylic acids is 3. The fraction of sp³-hybridized carbons (Fsp3) is 0.677. The lowest BCUT2D eigenvalue weighted by molar-refractivity contribution is -0.152. The van der Waals surface area contributed by atoms with Crippen LogP contribution < -0.4 is 10.6 Å². The van der Waals surface area contributed by atoms with Gasteiger partial charge in [-0.05, 0) is 72.8 Å². The van der Waals surface area contributed by atoms with Crippen molar-refractivity contribution in [2.45, 2.75) is 123 Å². The number of aliphatic carboxylic acids is 1. The van der Waals surface area contributed by atoms with Crippen LogP contribution in [0.1, 0.15) is 98.5 Å². The summed E-state index contributed by atoms with van der Waals surface area (Å²) in [7, 11) is 0. The Balaban J connectivity index is 0.000000305. The molecule has 3 N–H and O–H groups in total. The number of carboxylic acids is 1. The quantitative estimate of drug-likeness (QED) is 0.278. The van der Waals surface area contributed by atoms with E-state index < -0.39 is 35.3 Å². The van der Waals surface area contributed by atoms with Gasteiger partial charge in [-0.2, -0.15) is 0 Å². The molecule has 10 nitrogen and oxygen atoms in total. The van der Waals surface area contributed by atoms with E-state index in [-0.39, 0.29) is 30.6 Å². The highest BCUT2D eigenvalue weighted by molar-refractivity contribution is 5.75. The molecule has 2 saturated carbocycles. The van der Waals surface area contributed by atoms with Gasteiger partial charge in [0, 0.05) is 12.1 Å². The number of carboxylic acid groups (broad SMARTS) is 1. The zero-order chi connectivity index (χ0) is 30.6. The van der Waals surface area contributed by atoms with Crippen LogP contribution in [0.2, 0.25) is 0 Å². The van der Waals surface area contributed by atoms with Crippen LogP contribution in [0.5, 0.6) is 0 Å². The molecule has 0 radical (unpaired) electrons. The average molecular weight is 577 g/mol. The molecule has 0 heterocycles. The predicted octanol–water partition coefficient (Wildman–Crippen LogP) is 5.97. The number of rotatable bonds is 6. The molecule has 10 heteroatoms. The molecule has 2 aliphatic carbocycles. The van der Waals surface area contributed by atoms with Gasteiger partial charge in [0.15, 0.2) is 0 Å². The van der Waals surface area contributed by atoms with Crippen LogP contribution in [0.4, 0.5) is 9.59 Å². The minimum atomic E-state index is -0.842. The van der Waals surface area contributed by atoms with E-state index in [4.69, 9.17) is 19.3 Å². The smallest absolute Gasteiger partial charge is 0.407 e. The molecule has 1 aromatic rings. The number of hydrogen-bond acceptors (Lipinski definition) is 7. The van der Waals surface area contributed by atoms with Crippen LogP contribution in [0.25, 0.3) is 0 Å². The van der Waals surface area contributed by atoms with Gasteiger partial charge in [0.1, 0.15) is 17.8 Å². The van der Waals surface area contributed by atoms with Gasteiger partial charge in [0.05, 0.1) is 11.8 Å². The zero-order valence-electron chi connectivity index (χ0n) is 25.4. The van der Waals surface area contributed by atoms with Crippen LogP contribution in [0, 0.1) is 11.8 Å². The third kappa shape index (κ3) is 13.3. The molecule has 0 bridgehead atoms. The maximum atomic E-state index is 12.4. The van der Waals surface area contributed by atoms with Gasteiger partial charge < -0.3 is 30.0 Å². The van der Waals surface area contributed by atoms with Crippen LogP contribution in [0.3, 0.4) is 0 Å². The Bertz CT molecular complexity index is 1000. The molecule has 2 amide bonds. The molecular formula is C31H48N2O8. The highest BCUT2D eigenvalue weighted by Crippen LogP contribution is 2.27. The SMILES string of the molecule is CC(C)(C)OC(=O)N[C@@H]1CCCC[C@H]1C(=O)O.CC(C)(C)OC(=O)N[C@@H]1CCCC[C@H]1C(=O)OCc1ccccc1. The van der Waals surface area contributed by atoms with Crippen molar-refractivity contribution in [1.29, 1.82) is 0 Å². The lowest BCUT2D eigenvalue weighted by atomic mass is 9.84. The summed E-state index contributed by atoms with van der Waals surface area (Å²) in [6.45, 7) is 11.1. The molecule has 230 valence electrons. The number of ether oxygens (including phenoxy) is 3. The van der Waals surface area contributed by atoms with E-state index in [1.54, 1.807) is 20.8 Å². The van der Waals surface area contributed by atoms with Crippen molar-refractivity contribution >= 4 is 24.1 Å². The van der Waals surface area contributed by atoms with E-state index >= 15 is 0 Å². The molecule has 0 aliphatic heterocycles. The largest absolute Gasteiger partial charge is 0.481 e. The summed E-state index contributed by atoms with van der Waals surface area (Å²) in [4.78, 5) is 47.0. The Morgan fingerprint density at radius 3 is 1.63 bits per heavy atom. The van der Waals surface area contributed by atoms with Crippen LogP contribution in [-0.4, -0.2) is 52.5 Å². The normalized spacial score (nSPS) is 22.7. The minimum absolute atomic E-state index is 0.225. The summed E-state index contributed by atoms with van der Waals surface area (Å²) in [5.41, 5.74) is -0.155. The highest BCUT2D eigenvalue weighted by Gasteiger charge is 2.35. The summed E-state index contributed by atoms with van der Waals surface area (Å²) in [5.74, 6) is -1.89. The second kappa shape index (κ2) is 15.6. The summed E-state index contributed by atoms with van der Waals surface area (Å²) in [6.07, 6.45) is 5.63. The lowest BCUT2D eigenvalue weighted by Gasteiger charge is -2.31. The maximum absolute atomic E-state index is 12.4. The van der Waals surface area contributed by atoms with Gasteiger partial charge in [0.2, 0.25) is 0 Å². The van der Waals surface area contributed by atoms with Crippen LogP contribution >= 0.6 is 0 Å². The van der Waals surface area contributed by atoms with E-state index in [0.717, 1.165) is 44.1 Å². The topological polar surface area (TPSA) is 140 Å². The third-order valence-corrected chi connectivity index (χ3v) is 6.78. The molecule has 2 fully saturated rings. The molecule has 41 heavy (non-hydrogen) atoms. The number of amides is 2. The first-order valence-electron chi connectivity index (χ1n) is 14.6. The van der Waals surface area contributed by atoms with E-state index in [2.05, 4.69) is 10.6 Å². The van der Waals surface area contributed by atoms with Crippen molar-refractivity contribution in [3.8, 4) is 0 Å². The highest BCUT2D eigenvalue weighted by atomic mass is 16.6. The predicted molar refractivity (Wildman–Crippen MR) is 154 cm³/mol. The van der Waals surface area contributed by atoms with Crippen LogP contribution in [0.15, 0.2) is 30.3 Å². The third-order valence-electron chi connectivity index (χ3n) is 6.78. The Labute approximate surface area is 243 Å². The van der Waals surface area contributed by atoms with E-state index in [9.17, 15) is 19.2 Å². The first-order valence-corrected chi connectivity index (χ1v) is 14.6. The van der Waals surface area contributed by atoms with E-state index in [1.165, 1.54) is 0 Å². The van der Waals surface area contributed by atoms with Gasteiger partial charge in [-0.15, -0.1) is 0 Å². The Kier molecular flexibility index (Phi) is 12.9. The first kappa shape index (κ1) is 33.9. The fourth-order valence-electron chi connectivity index (χ4n) is 4.94. The van der Waals surface area contributed by atoms with Crippen molar-refractivity contribution in [2.24, 2.45) is 11.8 Å². The molecule has 0 unspecified atom stereocenters.